The van der Waals surface area contributed by atoms with Crippen LogP contribution >= 0.6 is 23.2 Å². The standard InChI is InChI=1S/C25H26Cl2O5S/c1-18-7-6-10-22(13-18)33(29,30)32-25(28,23-12-11-21(26)14-24(23)27)15-19(2)16-31-17-20-8-4-3-5-9-20/h3-14,19,28H,15-17H2,1-2H3. The summed E-state index contributed by atoms with van der Waals surface area (Å²) in [7, 11) is -4.31. The number of hydrogen-bond acceptors (Lipinski definition) is 5. The van der Waals surface area contributed by atoms with Crippen molar-refractivity contribution in [1.82, 2.24) is 0 Å². The molecule has 1 N–H and O–H groups in total. The maximum atomic E-state index is 13.0. The summed E-state index contributed by atoms with van der Waals surface area (Å²) in [6, 6.07) is 20.4. The zero-order chi connectivity index (χ0) is 24.1. The lowest BCUT2D eigenvalue weighted by Crippen LogP contribution is -2.35. The Kier molecular flexibility index (Phi) is 8.56. The second-order valence-corrected chi connectivity index (χ2v) is 10.5. The molecule has 0 bridgehead atoms. The lowest BCUT2D eigenvalue weighted by atomic mass is 9.95. The summed E-state index contributed by atoms with van der Waals surface area (Å²) < 4.78 is 37.3. The molecule has 0 spiro atoms. The van der Waals surface area contributed by atoms with Crippen molar-refractivity contribution in [3.63, 3.8) is 0 Å². The SMILES string of the molecule is Cc1cccc(S(=O)(=O)OC(O)(CC(C)COCc2ccccc2)c2ccc(Cl)cc2Cl)c1. The quantitative estimate of drug-likeness (QED) is 0.264. The molecule has 0 saturated carbocycles. The van der Waals surface area contributed by atoms with E-state index in [1.54, 1.807) is 19.1 Å². The van der Waals surface area contributed by atoms with Crippen LogP contribution in [0.25, 0.3) is 0 Å². The van der Waals surface area contributed by atoms with Gasteiger partial charge in [0, 0.05) is 23.6 Å². The molecule has 5 nitrogen and oxygen atoms in total. The molecule has 0 aliphatic rings. The molecular formula is C25H26Cl2O5S. The summed E-state index contributed by atoms with van der Waals surface area (Å²) in [5.41, 5.74) is 1.87. The van der Waals surface area contributed by atoms with E-state index in [0.717, 1.165) is 11.1 Å². The van der Waals surface area contributed by atoms with Gasteiger partial charge in [0.25, 0.3) is 10.1 Å². The molecule has 8 heteroatoms. The van der Waals surface area contributed by atoms with Crippen molar-refractivity contribution in [2.75, 3.05) is 6.61 Å². The summed E-state index contributed by atoms with van der Waals surface area (Å²) in [5.74, 6) is -2.49. The highest BCUT2D eigenvalue weighted by atomic mass is 35.5. The summed E-state index contributed by atoms with van der Waals surface area (Å²) >= 11 is 12.3. The average Bonchev–Trinajstić information content (AvgIpc) is 2.74. The van der Waals surface area contributed by atoms with Gasteiger partial charge in [0.15, 0.2) is 0 Å². The fourth-order valence-corrected chi connectivity index (χ4v) is 5.23. The lowest BCUT2D eigenvalue weighted by Gasteiger charge is -2.31. The van der Waals surface area contributed by atoms with E-state index in [9.17, 15) is 13.5 Å². The van der Waals surface area contributed by atoms with E-state index in [2.05, 4.69) is 0 Å². The maximum absolute atomic E-state index is 13.0. The molecule has 3 aromatic rings. The van der Waals surface area contributed by atoms with E-state index in [0.29, 0.717) is 11.6 Å². The van der Waals surface area contributed by atoms with Crippen molar-refractivity contribution in [1.29, 1.82) is 0 Å². The molecular weight excluding hydrogens is 483 g/mol. The van der Waals surface area contributed by atoms with Gasteiger partial charge in [-0.3, -0.25) is 0 Å². The van der Waals surface area contributed by atoms with Crippen LogP contribution in [0.4, 0.5) is 0 Å². The van der Waals surface area contributed by atoms with Gasteiger partial charge in [-0.2, -0.15) is 8.42 Å². The van der Waals surface area contributed by atoms with Gasteiger partial charge in [-0.1, -0.05) is 78.7 Å². The summed E-state index contributed by atoms with van der Waals surface area (Å²) in [6.07, 6.45) is -0.0752. The van der Waals surface area contributed by atoms with Gasteiger partial charge in [-0.05, 0) is 48.2 Å². The van der Waals surface area contributed by atoms with Crippen molar-refractivity contribution in [2.45, 2.75) is 37.6 Å². The summed E-state index contributed by atoms with van der Waals surface area (Å²) in [4.78, 5) is -0.0565. The topological polar surface area (TPSA) is 72.8 Å². The van der Waals surface area contributed by atoms with E-state index in [-0.39, 0.29) is 34.4 Å². The smallest absolute Gasteiger partial charge is 0.299 e. The minimum absolute atomic E-state index is 0.0565. The van der Waals surface area contributed by atoms with Crippen molar-refractivity contribution >= 4 is 33.3 Å². The second kappa shape index (κ2) is 11.0. The molecule has 33 heavy (non-hydrogen) atoms. The van der Waals surface area contributed by atoms with E-state index >= 15 is 0 Å². The molecule has 2 unspecified atom stereocenters. The van der Waals surface area contributed by atoms with E-state index in [1.165, 1.54) is 30.3 Å². The number of aliphatic hydroxyl groups is 1. The van der Waals surface area contributed by atoms with Crippen molar-refractivity contribution in [3.05, 3.63) is 99.5 Å². The average molecular weight is 509 g/mol. The lowest BCUT2D eigenvalue weighted by molar-refractivity contribution is -0.159. The van der Waals surface area contributed by atoms with E-state index in [1.807, 2.05) is 37.3 Å². The molecule has 176 valence electrons. The Labute approximate surface area is 205 Å². The highest BCUT2D eigenvalue weighted by Gasteiger charge is 2.40. The fourth-order valence-electron chi connectivity index (χ4n) is 3.48. The maximum Gasteiger partial charge on any atom is 0.299 e. The first-order valence-corrected chi connectivity index (χ1v) is 12.6. The number of hydrogen-bond donors (Lipinski definition) is 1. The number of halogens is 2. The van der Waals surface area contributed by atoms with E-state index < -0.39 is 15.9 Å². The molecule has 0 aromatic heterocycles. The van der Waals surface area contributed by atoms with Gasteiger partial charge in [-0.15, -0.1) is 0 Å². The number of ether oxygens (including phenoxy) is 1. The third-order valence-electron chi connectivity index (χ3n) is 5.02. The van der Waals surface area contributed by atoms with Gasteiger partial charge in [0.05, 0.1) is 16.5 Å². The van der Waals surface area contributed by atoms with Crippen LogP contribution < -0.4 is 0 Å². The Morgan fingerprint density at radius 2 is 1.73 bits per heavy atom. The summed E-state index contributed by atoms with van der Waals surface area (Å²) in [6.45, 7) is 4.28. The van der Waals surface area contributed by atoms with Crippen molar-refractivity contribution < 1.29 is 22.4 Å². The zero-order valence-electron chi connectivity index (χ0n) is 18.4. The number of aryl methyl sites for hydroxylation is 1. The third-order valence-corrected chi connectivity index (χ3v) is 6.89. The van der Waals surface area contributed by atoms with Crippen LogP contribution in [-0.4, -0.2) is 20.1 Å². The van der Waals surface area contributed by atoms with Crippen molar-refractivity contribution in [3.8, 4) is 0 Å². The predicted octanol–water partition coefficient (Wildman–Crippen LogP) is 6.10. The van der Waals surface area contributed by atoms with Gasteiger partial charge in [0.1, 0.15) is 0 Å². The molecule has 0 fully saturated rings. The first-order valence-electron chi connectivity index (χ1n) is 10.4. The normalized spacial score (nSPS) is 14.6. The van der Waals surface area contributed by atoms with Gasteiger partial charge < -0.3 is 9.84 Å². The molecule has 0 aliphatic heterocycles. The first kappa shape index (κ1) is 25.7. The highest BCUT2D eigenvalue weighted by molar-refractivity contribution is 7.86. The largest absolute Gasteiger partial charge is 0.376 e. The van der Waals surface area contributed by atoms with Gasteiger partial charge in [0.2, 0.25) is 5.79 Å². The Morgan fingerprint density at radius 3 is 2.39 bits per heavy atom. The van der Waals surface area contributed by atoms with Crippen molar-refractivity contribution in [2.24, 2.45) is 5.92 Å². The monoisotopic (exact) mass is 508 g/mol. The fraction of sp³-hybridized carbons (Fsp3) is 0.280. The number of rotatable bonds is 10. The molecule has 0 radical (unpaired) electrons. The first-order chi connectivity index (χ1) is 15.6. The van der Waals surface area contributed by atoms with Crippen LogP contribution in [-0.2, 0) is 31.4 Å². The Bertz CT molecular complexity index is 1180. The Balaban J connectivity index is 1.84. The second-order valence-electron chi connectivity index (χ2n) is 8.07. The third kappa shape index (κ3) is 7.03. The van der Waals surface area contributed by atoms with Crippen LogP contribution in [0.1, 0.15) is 30.0 Å². The predicted molar refractivity (Wildman–Crippen MR) is 130 cm³/mol. The molecule has 3 rings (SSSR count). The minimum atomic E-state index is -4.31. The summed E-state index contributed by atoms with van der Waals surface area (Å²) in [5, 5.41) is 12.0. The Hall–Kier alpha value is -1.93. The van der Waals surface area contributed by atoms with Crippen LogP contribution in [0.15, 0.2) is 77.7 Å². The Morgan fingerprint density at radius 1 is 1.00 bits per heavy atom. The van der Waals surface area contributed by atoms with E-state index in [4.69, 9.17) is 32.1 Å². The molecule has 0 saturated heterocycles. The minimum Gasteiger partial charge on any atom is -0.376 e. The van der Waals surface area contributed by atoms with Crippen LogP contribution in [0, 0.1) is 12.8 Å². The van der Waals surface area contributed by atoms with Crippen LogP contribution in [0.3, 0.4) is 0 Å². The number of benzene rings is 3. The molecule has 3 aromatic carbocycles. The molecule has 2 atom stereocenters. The zero-order valence-corrected chi connectivity index (χ0v) is 20.7. The highest BCUT2D eigenvalue weighted by Crippen LogP contribution is 2.38. The molecule has 0 amide bonds. The molecule has 0 aliphatic carbocycles. The molecule has 0 heterocycles. The van der Waals surface area contributed by atoms with Gasteiger partial charge >= 0.3 is 0 Å². The van der Waals surface area contributed by atoms with Crippen LogP contribution in [0.2, 0.25) is 10.0 Å². The van der Waals surface area contributed by atoms with Crippen LogP contribution in [0.5, 0.6) is 0 Å². The van der Waals surface area contributed by atoms with Gasteiger partial charge in [-0.25, -0.2) is 4.18 Å².